The van der Waals surface area contributed by atoms with E-state index in [-0.39, 0.29) is 58.5 Å². The second-order valence-electron chi connectivity index (χ2n) is 23.1. The zero-order chi connectivity index (χ0) is 42.6. The number of aliphatic hydroxyl groups excluding tert-OH is 2. The number of carbonyl (C=O) groups excluding carboxylic acids is 3. The number of carbonyl (C=O) groups is 3. The molecule has 2 unspecified atom stereocenters. The molecule has 5 N–H and O–H groups in total. The molecule has 5 aliphatic carbocycles. The molecule has 1 heterocycles. The number of amides is 2. The minimum absolute atomic E-state index is 0.0427. The Balaban J connectivity index is 1.17. The van der Waals surface area contributed by atoms with Crippen LogP contribution in [0.15, 0.2) is 0 Å². The summed E-state index contributed by atoms with van der Waals surface area (Å²) in [5.41, 5.74) is -3.92. The molecule has 0 aromatic heterocycles. The Labute approximate surface area is 341 Å². The first kappa shape index (κ1) is 44.4. The Morgan fingerprint density at radius 1 is 0.789 bits per heavy atom. The monoisotopic (exact) mass is 805 g/mol. The van der Waals surface area contributed by atoms with Crippen LogP contribution in [0.1, 0.15) is 161 Å². The van der Waals surface area contributed by atoms with E-state index in [0.717, 1.165) is 38.5 Å². The lowest BCUT2D eigenvalue weighted by Crippen LogP contribution is -2.62. The molecule has 2 amide bonds. The van der Waals surface area contributed by atoms with Gasteiger partial charge < -0.3 is 44.9 Å². The van der Waals surface area contributed by atoms with E-state index in [1.54, 1.807) is 41.5 Å². The first-order chi connectivity index (χ1) is 25.9. The van der Waals surface area contributed by atoms with E-state index in [1.807, 2.05) is 13.8 Å². The van der Waals surface area contributed by atoms with E-state index in [4.69, 9.17) is 18.9 Å². The van der Waals surface area contributed by atoms with Crippen molar-refractivity contribution >= 4 is 18.2 Å². The van der Waals surface area contributed by atoms with Gasteiger partial charge in [0.2, 0.25) is 0 Å². The minimum atomic E-state index is -0.998. The fourth-order valence-electron chi connectivity index (χ4n) is 14.1. The Hall–Kier alpha value is -2.15. The maximum Gasteiger partial charge on any atom is 0.408 e. The highest BCUT2D eigenvalue weighted by atomic mass is 16.6. The molecule has 13 atom stereocenters. The van der Waals surface area contributed by atoms with Gasteiger partial charge in [-0.05, 0) is 166 Å². The first-order valence-corrected chi connectivity index (χ1v) is 21.9. The van der Waals surface area contributed by atoms with Gasteiger partial charge in [-0.3, -0.25) is 0 Å². The number of hydrogen-bond acceptors (Lipinski definition) is 10. The molecular formula is C45H76N2O10. The fraction of sp³-hybridized carbons (Fsp3) is 0.933. The molecule has 0 bridgehead atoms. The summed E-state index contributed by atoms with van der Waals surface area (Å²) >= 11 is 0. The largest absolute Gasteiger partial charge is 0.460 e. The third-order valence-corrected chi connectivity index (χ3v) is 16.3. The smallest absolute Gasteiger partial charge is 0.408 e. The highest BCUT2D eigenvalue weighted by Gasteiger charge is 2.85. The lowest BCUT2D eigenvalue weighted by molar-refractivity contribution is -0.218. The van der Waals surface area contributed by atoms with Crippen LogP contribution in [0.3, 0.4) is 0 Å². The number of ether oxygens (including phenoxy) is 4. The van der Waals surface area contributed by atoms with Gasteiger partial charge in [0.15, 0.2) is 0 Å². The molecule has 2 spiro atoms. The van der Waals surface area contributed by atoms with E-state index in [9.17, 15) is 29.7 Å². The van der Waals surface area contributed by atoms with Crippen molar-refractivity contribution in [1.82, 2.24) is 10.6 Å². The number of rotatable bonds is 9. The number of fused-ring (bicyclic) bond motifs is 2. The summed E-state index contributed by atoms with van der Waals surface area (Å²) in [4.78, 5) is 39.2. The van der Waals surface area contributed by atoms with Gasteiger partial charge in [-0.25, -0.2) is 14.4 Å². The predicted molar refractivity (Wildman–Crippen MR) is 215 cm³/mol. The maximum absolute atomic E-state index is 14.0. The number of aliphatic hydroxyl groups is 3. The van der Waals surface area contributed by atoms with Gasteiger partial charge in [0, 0.05) is 17.9 Å². The van der Waals surface area contributed by atoms with E-state index in [1.165, 1.54) is 0 Å². The highest BCUT2D eigenvalue weighted by molar-refractivity contribution is 5.81. The second-order valence-corrected chi connectivity index (χ2v) is 23.1. The summed E-state index contributed by atoms with van der Waals surface area (Å²) in [6, 6.07) is -0.998. The lowest BCUT2D eigenvalue weighted by atomic mass is 9.41. The Morgan fingerprint density at radius 3 is 2.02 bits per heavy atom. The van der Waals surface area contributed by atoms with Gasteiger partial charge in [0.1, 0.15) is 23.3 Å². The minimum Gasteiger partial charge on any atom is -0.460 e. The molecule has 0 aromatic rings. The van der Waals surface area contributed by atoms with Crippen LogP contribution < -0.4 is 10.6 Å². The van der Waals surface area contributed by atoms with Crippen LogP contribution in [-0.2, 0) is 23.7 Å². The quantitative estimate of drug-likeness (QED) is 0.0913. The van der Waals surface area contributed by atoms with E-state index in [2.05, 4.69) is 45.3 Å². The molecule has 0 aromatic carbocycles. The summed E-state index contributed by atoms with van der Waals surface area (Å²) in [5.74, 6) is -0.480. The molecule has 5 saturated carbocycles. The normalized spacial score (nSPS) is 42.7. The van der Waals surface area contributed by atoms with Crippen molar-refractivity contribution in [2.24, 2.45) is 44.8 Å². The van der Waals surface area contributed by atoms with Gasteiger partial charge in [0.25, 0.3) is 0 Å². The maximum atomic E-state index is 14.0. The zero-order valence-electron chi connectivity index (χ0n) is 37.3. The van der Waals surface area contributed by atoms with Crippen molar-refractivity contribution in [1.29, 1.82) is 0 Å². The molecule has 0 radical (unpaired) electrons. The molecule has 57 heavy (non-hydrogen) atoms. The van der Waals surface area contributed by atoms with E-state index in [0.29, 0.717) is 25.7 Å². The van der Waals surface area contributed by atoms with Crippen LogP contribution in [0.2, 0.25) is 0 Å². The second kappa shape index (κ2) is 14.2. The lowest BCUT2D eigenvalue weighted by Gasteiger charge is -2.64. The van der Waals surface area contributed by atoms with Gasteiger partial charge >= 0.3 is 18.2 Å². The Morgan fingerprint density at radius 2 is 1.42 bits per heavy atom. The van der Waals surface area contributed by atoms with Crippen molar-refractivity contribution in [3.05, 3.63) is 0 Å². The summed E-state index contributed by atoms with van der Waals surface area (Å²) in [5, 5.41) is 40.7. The highest BCUT2D eigenvalue weighted by Crippen LogP contribution is 2.89. The molecule has 1 saturated heterocycles. The van der Waals surface area contributed by atoms with Crippen molar-refractivity contribution in [3.63, 3.8) is 0 Å². The molecule has 6 fully saturated rings. The number of alkyl carbamates (subject to hydrolysis) is 2. The molecule has 1 aliphatic heterocycles. The van der Waals surface area contributed by atoms with Crippen molar-refractivity contribution in [2.75, 3.05) is 6.54 Å². The molecule has 12 nitrogen and oxygen atoms in total. The summed E-state index contributed by atoms with van der Waals surface area (Å²) in [7, 11) is 0. The standard InChI is InChI=1S/C45H76N2O10/c1-37(2,3)56-35(51)46-22-14-15-26(47-36(52)57-38(4,5)6)34(50)54-30-17-19-45-25-44(45)21-20-41(11)33(43(13)18-16-31(55-43)40(9,10)53)28(49)24-42(41,12)29(44)23-27(48)32(45)39(30,7)8/h26-33,48-49,53H,14-25H2,1-13H3,(H,46,51)(H,47,52)/t26-,27-,28-,29?,30-,31-,32-,33-,41+,42-,43+,44?,45+/m0/s1. The van der Waals surface area contributed by atoms with Crippen molar-refractivity contribution in [2.45, 2.75) is 213 Å². The topological polar surface area (TPSA) is 173 Å². The molecule has 326 valence electrons. The average molecular weight is 805 g/mol. The van der Waals surface area contributed by atoms with Crippen LogP contribution in [0.5, 0.6) is 0 Å². The van der Waals surface area contributed by atoms with Crippen molar-refractivity contribution < 1.29 is 48.7 Å². The summed E-state index contributed by atoms with van der Waals surface area (Å²) in [6.07, 6.45) is 4.82. The average Bonchev–Trinajstić information content (AvgIpc) is 3.39. The third-order valence-electron chi connectivity index (χ3n) is 16.3. The van der Waals surface area contributed by atoms with Gasteiger partial charge in [0.05, 0.1) is 29.5 Å². The Bertz CT molecular complexity index is 1560. The van der Waals surface area contributed by atoms with Crippen LogP contribution in [-0.4, -0.2) is 92.9 Å². The van der Waals surface area contributed by atoms with Crippen molar-refractivity contribution in [3.8, 4) is 0 Å². The Kier molecular flexibility index (Phi) is 11.1. The summed E-state index contributed by atoms with van der Waals surface area (Å²) in [6.45, 7) is 25.7. The van der Waals surface area contributed by atoms with Gasteiger partial charge in [-0.2, -0.15) is 0 Å². The predicted octanol–water partition coefficient (Wildman–Crippen LogP) is 7.19. The zero-order valence-corrected chi connectivity index (χ0v) is 37.3. The number of esters is 1. The van der Waals surface area contributed by atoms with Gasteiger partial charge in [-0.1, -0.05) is 27.7 Å². The molecule has 6 rings (SSSR count). The van der Waals surface area contributed by atoms with Crippen LogP contribution in [0.25, 0.3) is 0 Å². The number of nitrogens with one attached hydrogen (secondary N) is 2. The molecular weight excluding hydrogens is 728 g/mol. The fourth-order valence-corrected chi connectivity index (χ4v) is 14.1. The molecule has 6 aliphatic rings. The number of hydrogen-bond donors (Lipinski definition) is 5. The molecule has 12 heteroatoms. The van der Waals surface area contributed by atoms with E-state index >= 15 is 0 Å². The van der Waals surface area contributed by atoms with Crippen LogP contribution >= 0.6 is 0 Å². The third kappa shape index (κ3) is 7.62. The SMILES string of the molecule is CC(C)(C)OC(=O)NCCC[C@H](NC(=O)OC(C)(C)C)C(=O)O[C@H]1CC[C@]23CC24CC[C@]2(C)[C@@H]([C@@]5(C)CC[C@@H](C(C)(C)O)O5)[C@@H](O)C[C@@]2(C)C4C[C@H](O)[C@H]3C1(C)C. The summed E-state index contributed by atoms with van der Waals surface area (Å²) < 4.78 is 23.9. The first-order valence-electron chi connectivity index (χ1n) is 21.9. The van der Waals surface area contributed by atoms with E-state index < -0.39 is 70.3 Å². The van der Waals surface area contributed by atoms with Crippen LogP contribution in [0.4, 0.5) is 9.59 Å². The van der Waals surface area contributed by atoms with Gasteiger partial charge in [-0.15, -0.1) is 0 Å². The van der Waals surface area contributed by atoms with Crippen LogP contribution in [0, 0.1) is 44.8 Å².